The lowest BCUT2D eigenvalue weighted by Crippen LogP contribution is -1.75. The number of rotatable bonds is 0. The Morgan fingerprint density at radius 3 is 2.71 bits per heavy atom. The van der Waals surface area contributed by atoms with Gasteiger partial charge in [0.1, 0.15) is 10.3 Å². The minimum atomic E-state index is 1.01. The Balaban J connectivity index is 2.34. The fourth-order valence-electron chi connectivity index (χ4n) is 2.22. The van der Waals surface area contributed by atoms with Gasteiger partial charge >= 0.3 is 0 Å². The first-order chi connectivity index (χ1) is 8.43. The van der Waals surface area contributed by atoms with Gasteiger partial charge in [0.15, 0.2) is 0 Å². The van der Waals surface area contributed by atoms with Crippen molar-refractivity contribution in [3.8, 4) is 0 Å². The lowest BCUT2D eigenvalue weighted by Gasteiger charge is -1.97. The third kappa shape index (κ3) is 1.20. The van der Waals surface area contributed by atoms with Gasteiger partial charge < -0.3 is 0 Å². The summed E-state index contributed by atoms with van der Waals surface area (Å²) in [5, 5.41) is 3.76. The summed E-state index contributed by atoms with van der Waals surface area (Å²) in [5.41, 5.74) is 1.01. The molecule has 0 atom stereocenters. The average molecular weight is 236 g/mol. The molecule has 2 aromatic carbocycles. The molecule has 0 unspecified atom stereocenters. The van der Waals surface area contributed by atoms with E-state index in [1.165, 1.54) is 20.9 Å². The van der Waals surface area contributed by atoms with Gasteiger partial charge in [-0.25, -0.2) is 4.98 Å². The summed E-state index contributed by atoms with van der Waals surface area (Å²) in [5.74, 6) is 0. The number of benzene rings is 2. The largest absolute Gasteiger partial charge is 0.251 e. The molecule has 0 aliphatic rings. The topological polar surface area (TPSA) is 25.8 Å². The Morgan fingerprint density at radius 1 is 0.824 bits per heavy atom. The van der Waals surface area contributed by atoms with Gasteiger partial charge in [-0.2, -0.15) is 0 Å². The van der Waals surface area contributed by atoms with Crippen molar-refractivity contribution in [3.63, 3.8) is 0 Å². The van der Waals surface area contributed by atoms with Crippen LogP contribution in [0, 0.1) is 0 Å². The van der Waals surface area contributed by atoms with E-state index in [0.29, 0.717) is 0 Å². The second-order valence-corrected chi connectivity index (χ2v) is 4.97. The molecule has 0 amide bonds. The highest BCUT2D eigenvalue weighted by Crippen LogP contribution is 2.35. The lowest BCUT2D eigenvalue weighted by atomic mass is 10.1. The van der Waals surface area contributed by atoms with Gasteiger partial charge in [0.05, 0.1) is 0 Å². The van der Waals surface area contributed by atoms with E-state index < -0.39 is 0 Å². The zero-order chi connectivity index (χ0) is 11.2. The van der Waals surface area contributed by atoms with Crippen LogP contribution >= 0.6 is 11.3 Å². The standard InChI is InChI=1S/C14H8N2S/c1-2-4-10-9(3-1)5-6-11-12-14(17-13(10)11)16-8-7-15-12/h1-8H. The second-order valence-electron chi connectivity index (χ2n) is 3.98. The molecule has 0 saturated carbocycles. The molecule has 4 rings (SSSR count). The molecule has 0 N–H and O–H groups in total. The Morgan fingerprint density at radius 2 is 1.71 bits per heavy atom. The molecule has 0 aliphatic heterocycles. The van der Waals surface area contributed by atoms with E-state index in [-0.39, 0.29) is 0 Å². The zero-order valence-electron chi connectivity index (χ0n) is 8.92. The molecule has 0 saturated heterocycles. The van der Waals surface area contributed by atoms with Crippen LogP contribution in [0.2, 0.25) is 0 Å². The van der Waals surface area contributed by atoms with Crippen LogP contribution in [0.4, 0.5) is 0 Å². The molecule has 17 heavy (non-hydrogen) atoms. The van der Waals surface area contributed by atoms with Crippen LogP contribution in [0.25, 0.3) is 31.2 Å². The average Bonchev–Trinajstić information content (AvgIpc) is 2.78. The van der Waals surface area contributed by atoms with Crippen molar-refractivity contribution in [1.29, 1.82) is 0 Å². The molecule has 0 radical (unpaired) electrons. The first-order valence-electron chi connectivity index (χ1n) is 5.44. The zero-order valence-corrected chi connectivity index (χ0v) is 9.74. The van der Waals surface area contributed by atoms with E-state index in [0.717, 1.165) is 10.3 Å². The first-order valence-corrected chi connectivity index (χ1v) is 6.26. The van der Waals surface area contributed by atoms with Crippen LogP contribution in [-0.4, -0.2) is 9.97 Å². The predicted octanol–water partition coefficient (Wildman–Crippen LogP) is 4.00. The normalized spacial score (nSPS) is 11.5. The molecule has 3 heteroatoms. The molecular formula is C14H8N2S. The number of hydrogen-bond donors (Lipinski definition) is 0. The summed E-state index contributed by atoms with van der Waals surface area (Å²) in [7, 11) is 0. The molecule has 2 nitrogen and oxygen atoms in total. The molecule has 80 valence electrons. The van der Waals surface area contributed by atoms with E-state index in [4.69, 9.17) is 0 Å². The highest BCUT2D eigenvalue weighted by Gasteiger charge is 2.08. The van der Waals surface area contributed by atoms with Crippen molar-refractivity contribution < 1.29 is 0 Å². The second kappa shape index (κ2) is 3.25. The third-order valence-electron chi connectivity index (χ3n) is 3.00. The van der Waals surface area contributed by atoms with Crippen LogP contribution < -0.4 is 0 Å². The van der Waals surface area contributed by atoms with Gasteiger partial charge in [0.25, 0.3) is 0 Å². The highest BCUT2D eigenvalue weighted by molar-refractivity contribution is 7.26. The molecule has 0 bridgehead atoms. The van der Waals surface area contributed by atoms with E-state index in [2.05, 4.69) is 46.4 Å². The van der Waals surface area contributed by atoms with E-state index in [1.807, 2.05) is 0 Å². The molecule has 2 heterocycles. The number of aromatic nitrogens is 2. The Labute approximate surface area is 102 Å². The molecule has 0 aliphatic carbocycles. The van der Waals surface area contributed by atoms with Crippen LogP contribution in [0.1, 0.15) is 0 Å². The molecule has 0 fully saturated rings. The van der Waals surface area contributed by atoms with Crippen molar-refractivity contribution in [2.24, 2.45) is 0 Å². The van der Waals surface area contributed by atoms with Crippen molar-refractivity contribution in [2.45, 2.75) is 0 Å². The Bertz CT molecular complexity index is 848. The van der Waals surface area contributed by atoms with Gasteiger partial charge in [0.2, 0.25) is 0 Å². The Kier molecular flexibility index (Phi) is 1.73. The maximum Gasteiger partial charge on any atom is 0.143 e. The fourth-order valence-corrected chi connectivity index (χ4v) is 3.36. The molecular weight excluding hydrogens is 228 g/mol. The van der Waals surface area contributed by atoms with Crippen molar-refractivity contribution in [3.05, 3.63) is 48.8 Å². The molecule has 2 aromatic heterocycles. The smallest absolute Gasteiger partial charge is 0.143 e. The number of thiophene rings is 1. The third-order valence-corrected chi connectivity index (χ3v) is 4.13. The summed E-state index contributed by atoms with van der Waals surface area (Å²) < 4.78 is 1.28. The Hall–Kier alpha value is -2.00. The van der Waals surface area contributed by atoms with Crippen LogP contribution in [-0.2, 0) is 0 Å². The molecule has 4 aromatic rings. The first kappa shape index (κ1) is 9.07. The summed E-state index contributed by atoms with van der Waals surface area (Å²) in [4.78, 5) is 9.82. The lowest BCUT2D eigenvalue weighted by molar-refractivity contribution is 1.32. The van der Waals surface area contributed by atoms with Crippen molar-refractivity contribution in [1.82, 2.24) is 9.97 Å². The van der Waals surface area contributed by atoms with Crippen LogP contribution in [0.3, 0.4) is 0 Å². The maximum absolute atomic E-state index is 4.42. The van der Waals surface area contributed by atoms with Crippen LogP contribution in [0.15, 0.2) is 48.8 Å². The SMILES string of the molecule is c1ccc2c(c1)ccc1c3nccnc3sc21. The van der Waals surface area contributed by atoms with Gasteiger partial charge in [-0.3, -0.25) is 4.98 Å². The van der Waals surface area contributed by atoms with E-state index in [9.17, 15) is 0 Å². The maximum atomic E-state index is 4.42. The van der Waals surface area contributed by atoms with E-state index in [1.54, 1.807) is 23.7 Å². The summed E-state index contributed by atoms with van der Waals surface area (Å²) in [6, 6.07) is 12.7. The summed E-state index contributed by atoms with van der Waals surface area (Å²) >= 11 is 1.72. The minimum Gasteiger partial charge on any atom is -0.251 e. The predicted molar refractivity (Wildman–Crippen MR) is 72.4 cm³/mol. The number of nitrogens with zero attached hydrogens (tertiary/aromatic N) is 2. The quantitative estimate of drug-likeness (QED) is 0.461. The van der Waals surface area contributed by atoms with E-state index >= 15 is 0 Å². The minimum absolute atomic E-state index is 1.01. The van der Waals surface area contributed by atoms with Gasteiger partial charge in [-0.15, -0.1) is 11.3 Å². The summed E-state index contributed by atoms with van der Waals surface area (Å²) in [6.45, 7) is 0. The highest BCUT2D eigenvalue weighted by atomic mass is 32.1. The van der Waals surface area contributed by atoms with Gasteiger partial charge in [-0.05, 0) is 10.8 Å². The van der Waals surface area contributed by atoms with Crippen molar-refractivity contribution in [2.75, 3.05) is 0 Å². The van der Waals surface area contributed by atoms with Crippen molar-refractivity contribution >= 4 is 42.5 Å². The fraction of sp³-hybridized carbons (Fsp3) is 0. The monoisotopic (exact) mass is 236 g/mol. The van der Waals surface area contributed by atoms with Gasteiger partial charge in [-0.1, -0.05) is 36.4 Å². The van der Waals surface area contributed by atoms with Crippen LogP contribution in [0.5, 0.6) is 0 Å². The summed E-state index contributed by atoms with van der Waals surface area (Å²) in [6.07, 6.45) is 3.50. The number of fused-ring (bicyclic) bond motifs is 5. The van der Waals surface area contributed by atoms with Gasteiger partial charge in [0, 0.05) is 22.5 Å². The molecule has 0 spiro atoms. The number of hydrogen-bond acceptors (Lipinski definition) is 3.